The van der Waals surface area contributed by atoms with Gasteiger partial charge in [0.1, 0.15) is 5.75 Å². The first-order valence-electron chi connectivity index (χ1n) is 6.40. The van der Waals surface area contributed by atoms with E-state index in [1.54, 1.807) is 18.2 Å². The van der Waals surface area contributed by atoms with E-state index in [1.165, 1.54) is 12.5 Å². The molecule has 1 aromatic heterocycles. The second kappa shape index (κ2) is 7.35. The Balaban J connectivity index is 1.63. The van der Waals surface area contributed by atoms with Gasteiger partial charge in [0.15, 0.2) is 6.61 Å². The van der Waals surface area contributed by atoms with Gasteiger partial charge < -0.3 is 19.6 Å². The topological polar surface area (TPSA) is 71.7 Å². The van der Waals surface area contributed by atoms with Crippen molar-refractivity contribution in [2.75, 3.05) is 13.2 Å². The van der Waals surface area contributed by atoms with E-state index in [4.69, 9.17) is 9.15 Å². The number of carbonyl (C=O) groups is 1. The van der Waals surface area contributed by atoms with Crippen LogP contribution in [0.3, 0.4) is 0 Å². The van der Waals surface area contributed by atoms with Gasteiger partial charge >= 0.3 is 0 Å². The standard InChI is InChI=1S/C15H17NO4/c17-14(12-7-9-19-10-12)6-8-16-15(18)11-20-13-4-2-1-3-5-13/h1-5,7,9-10,14,17H,6,8,11H2,(H,16,18). The van der Waals surface area contributed by atoms with E-state index in [0.29, 0.717) is 24.3 Å². The average Bonchev–Trinajstić information content (AvgIpc) is 3.00. The summed E-state index contributed by atoms with van der Waals surface area (Å²) in [7, 11) is 0. The molecule has 106 valence electrons. The van der Waals surface area contributed by atoms with Crippen LogP contribution in [0.25, 0.3) is 0 Å². The van der Waals surface area contributed by atoms with Gasteiger partial charge in [0.05, 0.1) is 18.6 Å². The van der Waals surface area contributed by atoms with Crippen LogP contribution in [-0.4, -0.2) is 24.2 Å². The molecule has 2 rings (SSSR count). The molecule has 1 amide bonds. The molecule has 0 saturated heterocycles. The SMILES string of the molecule is O=C(COc1ccccc1)NCCC(O)c1ccoc1. The van der Waals surface area contributed by atoms with Crippen molar-refractivity contribution in [3.63, 3.8) is 0 Å². The molecule has 1 aromatic carbocycles. The molecule has 0 aliphatic rings. The molecule has 0 aliphatic heterocycles. The molecular weight excluding hydrogens is 258 g/mol. The van der Waals surface area contributed by atoms with Gasteiger partial charge in [-0.05, 0) is 24.6 Å². The Morgan fingerprint density at radius 3 is 2.80 bits per heavy atom. The minimum atomic E-state index is -0.635. The molecule has 5 nitrogen and oxygen atoms in total. The van der Waals surface area contributed by atoms with E-state index in [-0.39, 0.29) is 12.5 Å². The summed E-state index contributed by atoms with van der Waals surface area (Å²) >= 11 is 0. The van der Waals surface area contributed by atoms with Gasteiger partial charge in [0.25, 0.3) is 5.91 Å². The maximum absolute atomic E-state index is 11.5. The quantitative estimate of drug-likeness (QED) is 0.809. The highest BCUT2D eigenvalue weighted by molar-refractivity contribution is 5.77. The number of hydrogen-bond acceptors (Lipinski definition) is 4. The zero-order chi connectivity index (χ0) is 14.2. The normalized spacial score (nSPS) is 11.8. The summed E-state index contributed by atoms with van der Waals surface area (Å²) in [5.41, 5.74) is 0.708. The lowest BCUT2D eigenvalue weighted by Crippen LogP contribution is -2.30. The number of furan rings is 1. The summed E-state index contributed by atoms with van der Waals surface area (Å²) in [6, 6.07) is 10.8. The summed E-state index contributed by atoms with van der Waals surface area (Å²) in [6.45, 7) is 0.342. The number of ether oxygens (including phenoxy) is 1. The zero-order valence-electron chi connectivity index (χ0n) is 11.0. The van der Waals surface area contributed by atoms with Crippen molar-refractivity contribution in [2.24, 2.45) is 0 Å². The summed E-state index contributed by atoms with van der Waals surface area (Å²) in [4.78, 5) is 11.5. The van der Waals surface area contributed by atoms with Gasteiger partial charge in [0, 0.05) is 12.1 Å². The molecule has 2 N–H and O–H groups in total. The lowest BCUT2D eigenvalue weighted by Gasteiger charge is -2.10. The average molecular weight is 275 g/mol. The van der Waals surface area contributed by atoms with Gasteiger partial charge in [-0.25, -0.2) is 0 Å². The van der Waals surface area contributed by atoms with Crippen molar-refractivity contribution >= 4 is 5.91 Å². The molecule has 5 heteroatoms. The summed E-state index contributed by atoms with van der Waals surface area (Å²) in [5.74, 6) is 0.439. The minimum Gasteiger partial charge on any atom is -0.484 e. The molecule has 0 radical (unpaired) electrons. The maximum Gasteiger partial charge on any atom is 0.257 e. The largest absolute Gasteiger partial charge is 0.484 e. The lowest BCUT2D eigenvalue weighted by molar-refractivity contribution is -0.123. The Hall–Kier alpha value is -2.27. The number of aliphatic hydroxyl groups excluding tert-OH is 1. The Bertz CT molecular complexity index is 510. The highest BCUT2D eigenvalue weighted by Crippen LogP contribution is 2.15. The second-order valence-corrected chi connectivity index (χ2v) is 4.31. The van der Waals surface area contributed by atoms with Gasteiger partial charge in [-0.1, -0.05) is 18.2 Å². The van der Waals surface area contributed by atoms with E-state index < -0.39 is 6.10 Å². The van der Waals surface area contributed by atoms with Crippen molar-refractivity contribution in [1.82, 2.24) is 5.32 Å². The zero-order valence-corrected chi connectivity index (χ0v) is 11.0. The predicted octanol–water partition coefficient (Wildman–Crippen LogP) is 1.90. The van der Waals surface area contributed by atoms with E-state index >= 15 is 0 Å². The molecular formula is C15H17NO4. The number of rotatable bonds is 7. The van der Waals surface area contributed by atoms with Crippen molar-refractivity contribution in [1.29, 1.82) is 0 Å². The fraction of sp³-hybridized carbons (Fsp3) is 0.267. The lowest BCUT2D eigenvalue weighted by atomic mass is 10.1. The summed E-state index contributed by atoms with van der Waals surface area (Å²) in [5, 5.41) is 12.5. The third-order valence-corrected chi connectivity index (χ3v) is 2.78. The Morgan fingerprint density at radius 2 is 2.10 bits per heavy atom. The first kappa shape index (κ1) is 14.1. The second-order valence-electron chi connectivity index (χ2n) is 4.31. The Labute approximate surface area is 117 Å². The predicted molar refractivity (Wildman–Crippen MR) is 73.2 cm³/mol. The van der Waals surface area contributed by atoms with E-state index in [2.05, 4.69) is 5.32 Å². The highest BCUT2D eigenvalue weighted by atomic mass is 16.5. The number of carbonyl (C=O) groups excluding carboxylic acids is 1. The fourth-order valence-corrected chi connectivity index (χ4v) is 1.70. The van der Waals surface area contributed by atoms with Gasteiger partial charge in [-0.2, -0.15) is 0 Å². The van der Waals surface area contributed by atoms with Crippen LogP contribution in [0, 0.1) is 0 Å². The molecule has 1 atom stereocenters. The van der Waals surface area contributed by atoms with Crippen LogP contribution in [0.1, 0.15) is 18.1 Å². The first-order valence-corrected chi connectivity index (χ1v) is 6.40. The van der Waals surface area contributed by atoms with Crippen molar-refractivity contribution in [3.05, 3.63) is 54.5 Å². The minimum absolute atomic E-state index is 0.0359. The van der Waals surface area contributed by atoms with Crippen LogP contribution in [-0.2, 0) is 4.79 Å². The van der Waals surface area contributed by atoms with Gasteiger partial charge in [-0.15, -0.1) is 0 Å². The first-order chi connectivity index (χ1) is 9.75. The van der Waals surface area contributed by atoms with Crippen LogP contribution in [0.15, 0.2) is 53.3 Å². The molecule has 0 bridgehead atoms. The smallest absolute Gasteiger partial charge is 0.257 e. The van der Waals surface area contributed by atoms with Crippen LogP contribution in [0.4, 0.5) is 0 Å². The van der Waals surface area contributed by atoms with Crippen molar-refractivity contribution in [2.45, 2.75) is 12.5 Å². The molecule has 2 aromatic rings. The molecule has 0 aliphatic carbocycles. The number of benzene rings is 1. The molecule has 1 heterocycles. The van der Waals surface area contributed by atoms with Crippen LogP contribution >= 0.6 is 0 Å². The van der Waals surface area contributed by atoms with E-state index in [9.17, 15) is 9.90 Å². The molecule has 0 spiro atoms. The molecule has 1 unspecified atom stereocenters. The number of aliphatic hydroxyl groups is 1. The monoisotopic (exact) mass is 275 g/mol. The van der Waals surface area contributed by atoms with Gasteiger partial charge in [0.2, 0.25) is 0 Å². The molecule has 0 saturated carbocycles. The summed E-state index contributed by atoms with van der Waals surface area (Å²) < 4.78 is 10.2. The van der Waals surface area contributed by atoms with E-state index in [1.807, 2.05) is 18.2 Å². The van der Waals surface area contributed by atoms with Crippen molar-refractivity contribution < 1.29 is 19.1 Å². The van der Waals surface area contributed by atoms with Crippen LogP contribution in [0.2, 0.25) is 0 Å². The maximum atomic E-state index is 11.5. The Morgan fingerprint density at radius 1 is 1.30 bits per heavy atom. The Kier molecular flexibility index (Phi) is 5.20. The number of nitrogens with one attached hydrogen (secondary N) is 1. The number of amides is 1. The molecule has 20 heavy (non-hydrogen) atoms. The van der Waals surface area contributed by atoms with Crippen LogP contribution < -0.4 is 10.1 Å². The van der Waals surface area contributed by atoms with Crippen LogP contribution in [0.5, 0.6) is 5.75 Å². The highest BCUT2D eigenvalue weighted by Gasteiger charge is 2.09. The third-order valence-electron chi connectivity index (χ3n) is 2.78. The van der Waals surface area contributed by atoms with Gasteiger partial charge in [-0.3, -0.25) is 4.79 Å². The van der Waals surface area contributed by atoms with Crippen molar-refractivity contribution in [3.8, 4) is 5.75 Å². The number of para-hydroxylation sites is 1. The fourth-order valence-electron chi connectivity index (χ4n) is 1.70. The number of hydrogen-bond donors (Lipinski definition) is 2. The third kappa shape index (κ3) is 4.44. The summed E-state index contributed by atoms with van der Waals surface area (Å²) in [6.07, 6.45) is 2.79. The molecule has 0 fully saturated rings. The van der Waals surface area contributed by atoms with E-state index in [0.717, 1.165) is 0 Å².